The molecule has 120 valence electrons. The van der Waals surface area contributed by atoms with Gasteiger partial charge in [0.2, 0.25) is 5.91 Å². The van der Waals surface area contributed by atoms with Crippen molar-refractivity contribution in [2.75, 3.05) is 17.7 Å². The Morgan fingerprint density at radius 1 is 1.13 bits per heavy atom. The van der Waals surface area contributed by atoms with Crippen LogP contribution < -0.4 is 10.6 Å². The lowest BCUT2D eigenvalue weighted by atomic mass is 10.2. The Morgan fingerprint density at radius 3 is 2.52 bits per heavy atom. The van der Waals surface area contributed by atoms with Crippen LogP contribution in [-0.4, -0.2) is 24.9 Å². The van der Waals surface area contributed by atoms with Crippen LogP contribution in [0.25, 0.3) is 0 Å². The average Bonchev–Trinajstić information content (AvgIpc) is 2.96. The van der Waals surface area contributed by atoms with Crippen molar-refractivity contribution in [2.45, 2.75) is 6.92 Å². The van der Waals surface area contributed by atoms with Crippen molar-refractivity contribution in [2.24, 2.45) is 0 Å². The largest absolute Gasteiger partial charge is 0.465 e. The second kappa shape index (κ2) is 6.97. The number of hydrogen-bond donors (Lipinski definition) is 2. The first-order valence-electron chi connectivity index (χ1n) is 6.47. The average molecular weight is 337 g/mol. The van der Waals surface area contributed by atoms with E-state index in [4.69, 9.17) is 16.0 Å². The van der Waals surface area contributed by atoms with Crippen LogP contribution in [0, 0.1) is 0 Å². The molecule has 1 heterocycles. The molecule has 0 radical (unpaired) electrons. The number of hydrogen-bond acceptors (Lipinski definition) is 5. The molecular formula is C15H13ClN2O5. The summed E-state index contributed by atoms with van der Waals surface area (Å²) in [7, 11) is 1.25. The minimum absolute atomic E-state index is 0.0201. The zero-order valence-electron chi connectivity index (χ0n) is 12.3. The highest BCUT2D eigenvalue weighted by molar-refractivity contribution is 6.34. The van der Waals surface area contributed by atoms with E-state index in [0.29, 0.717) is 0 Å². The SMILES string of the molecule is COC(=O)c1ccc(Cl)c(NC(=O)c2ccc(NC(C)=O)o2)c1. The van der Waals surface area contributed by atoms with Gasteiger partial charge in [0, 0.05) is 13.0 Å². The van der Waals surface area contributed by atoms with Gasteiger partial charge in [0.25, 0.3) is 5.91 Å². The maximum absolute atomic E-state index is 12.1. The predicted octanol–water partition coefficient (Wildman–Crippen LogP) is 2.93. The van der Waals surface area contributed by atoms with Crippen molar-refractivity contribution in [3.05, 3.63) is 46.7 Å². The molecule has 2 N–H and O–H groups in total. The molecule has 7 nitrogen and oxygen atoms in total. The molecule has 0 atom stereocenters. The normalized spacial score (nSPS) is 10.0. The lowest BCUT2D eigenvalue weighted by Gasteiger charge is -2.07. The van der Waals surface area contributed by atoms with Gasteiger partial charge in [-0.2, -0.15) is 0 Å². The van der Waals surface area contributed by atoms with E-state index in [1.54, 1.807) is 0 Å². The van der Waals surface area contributed by atoms with Gasteiger partial charge >= 0.3 is 5.97 Å². The van der Waals surface area contributed by atoms with Gasteiger partial charge in [-0.15, -0.1) is 0 Å². The van der Waals surface area contributed by atoms with Crippen LogP contribution in [0.1, 0.15) is 27.8 Å². The van der Waals surface area contributed by atoms with E-state index < -0.39 is 11.9 Å². The van der Waals surface area contributed by atoms with E-state index in [2.05, 4.69) is 15.4 Å². The highest BCUT2D eigenvalue weighted by atomic mass is 35.5. The first-order chi connectivity index (χ1) is 10.9. The Hall–Kier alpha value is -2.80. The fourth-order valence-corrected chi connectivity index (χ4v) is 1.92. The van der Waals surface area contributed by atoms with Crippen LogP contribution in [0.5, 0.6) is 0 Å². The number of methoxy groups -OCH3 is 1. The molecule has 0 saturated carbocycles. The number of anilines is 2. The van der Waals surface area contributed by atoms with Crippen molar-refractivity contribution in [3.8, 4) is 0 Å². The lowest BCUT2D eigenvalue weighted by molar-refractivity contribution is -0.114. The summed E-state index contributed by atoms with van der Waals surface area (Å²) in [6.07, 6.45) is 0. The van der Waals surface area contributed by atoms with Gasteiger partial charge < -0.3 is 14.5 Å². The lowest BCUT2D eigenvalue weighted by Crippen LogP contribution is -2.12. The number of furan rings is 1. The summed E-state index contributed by atoms with van der Waals surface area (Å²) in [6.45, 7) is 1.32. The molecule has 0 spiro atoms. The van der Waals surface area contributed by atoms with Crippen LogP contribution in [0.3, 0.4) is 0 Å². The van der Waals surface area contributed by atoms with E-state index >= 15 is 0 Å². The van der Waals surface area contributed by atoms with E-state index in [1.807, 2.05) is 0 Å². The second-order valence-electron chi connectivity index (χ2n) is 4.49. The molecule has 2 aromatic rings. The fraction of sp³-hybridized carbons (Fsp3) is 0.133. The van der Waals surface area contributed by atoms with E-state index in [1.165, 1.54) is 44.4 Å². The quantitative estimate of drug-likeness (QED) is 0.836. The molecule has 0 unspecified atom stereocenters. The monoisotopic (exact) mass is 336 g/mol. The van der Waals surface area contributed by atoms with Crippen molar-refractivity contribution >= 4 is 41.0 Å². The first kappa shape index (κ1) is 16.6. The standard InChI is InChI=1S/C15H13ClN2O5/c1-8(19)17-13-6-5-12(23-13)14(20)18-11-7-9(15(21)22-2)3-4-10(11)16/h3-7H,1-2H3,(H,17,19)(H,18,20). The third kappa shape index (κ3) is 4.10. The highest BCUT2D eigenvalue weighted by Gasteiger charge is 2.15. The molecular weight excluding hydrogens is 324 g/mol. The number of esters is 1. The molecule has 0 aliphatic rings. The molecule has 23 heavy (non-hydrogen) atoms. The summed E-state index contributed by atoms with van der Waals surface area (Å²) >= 11 is 6.00. The molecule has 0 aliphatic heterocycles. The van der Waals surface area contributed by atoms with Gasteiger partial charge in [-0.05, 0) is 24.3 Å². The topological polar surface area (TPSA) is 97.6 Å². The number of nitrogens with one attached hydrogen (secondary N) is 2. The van der Waals surface area contributed by atoms with E-state index in [-0.39, 0.29) is 33.8 Å². The van der Waals surface area contributed by atoms with Gasteiger partial charge in [0.1, 0.15) is 0 Å². The van der Waals surface area contributed by atoms with Crippen LogP contribution >= 0.6 is 11.6 Å². The van der Waals surface area contributed by atoms with Crippen LogP contribution in [-0.2, 0) is 9.53 Å². The first-order valence-corrected chi connectivity index (χ1v) is 6.85. The summed E-state index contributed by atoms with van der Waals surface area (Å²) in [5.74, 6) is -1.32. The number of amides is 2. The smallest absolute Gasteiger partial charge is 0.337 e. The zero-order valence-corrected chi connectivity index (χ0v) is 13.1. The van der Waals surface area contributed by atoms with Crippen LogP contribution in [0.2, 0.25) is 5.02 Å². The molecule has 1 aromatic heterocycles. The Kier molecular flexibility index (Phi) is 5.02. The Labute approximate surface area is 136 Å². The van der Waals surface area contributed by atoms with Crippen molar-refractivity contribution in [1.82, 2.24) is 0 Å². The molecule has 0 fully saturated rings. The van der Waals surface area contributed by atoms with Crippen LogP contribution in [0.15, 0.2) is 34.7 Å². The summed E-state index contributed by atoms with van der Waals surface area (Å²) < 4.78 is 9.80. The van der Waals surface area contributed by atoms with E-state index in [0.717, 1.165) is 0 Å². The van der Waals surface area contributed by atoms with Gasteiger partial charge in [0.05, 0.1) is 23.4 Å². The second-order valence-corrected chi connectivity index (χ2v) is 4.89. The molecule has 2 amide bonds. The third-order valence-electron chi connectivity index (χ3n) is 2.76. The summed E-state index contributed by atoms with van der Waals surface area (Å²) in [5, 5.41) is 5.19. The summed E-state index contributed by atoms with van der Waals surface area (Å²) in [4.78, 5) is 34.6. The maximum atomic E-state index is 12.1. The number of ether oxygens (including phenoxy) is 1. The molecule has 2 rings (SSSR count). The number of halogens is 1. The third-order valence-corrected chi connectivity index (χ3v) is 3.09. The molecule has 0 bridgehead atoms. The Balaban J connectivity index is 2.18. The number of carbonyl (C=O) groups is 3. The molecule has 0 aliphatic carbocycles. The Bertz CT molecular complexity index is 769. The minimum Gasteiger partial charge on any atom is -0.465 e. The number of carbonyl (C=O) groups excluding carboxylic acids is 3. The van der Waals surface area contributed by atoms with Crippen molar-refractivity contribution in [1.29, 1.82) is 0 Å². The Morgan fingerprint density at radius 2 is 1.87 bits per heavy atom. The predicted molar refractivity (Wildman–Crippen MR) is 83.8 cm³/mol. The molecule has 1 aromatic carbocycles. The fourth-order valence-electron chi connectivity index (χ4n) is 1.75. The van der Waals surface area contributed by atoms with Gasteiger partial charge in [0.15, 0.2) is 11.6 Å². The van der Waals surface area contributed by atoms with Crippen LogP contribution in [0.4, 0.5) is 11.6 Å². The number of benzene rings is 1. The van der Waals surface area contributed by atoms with E-state index in [9.17, 15) is 14.4 Å². The van der Waals surface area contributed by atoms with Gasteiger partial charge in [-0.25, -0.2) is 4.79 Å². The highest BCUT2D eigenvalue weighted by Crippen LogP contribution is 2.24. The minimum atomic E-state index is -0.578. The van der Waals surface area contributed by atoms with Gasteiger partial charge in [-0.3, -0.25) is 14.9 Å². The summed E-state index contributed by atoms with van der Waals surface area (Å²) in [6, 6.07) is 7.19. The molecule has 0 saturated heterocycles. The van der Waals surface area contributed by atoms with Crippen molar-refractivity contribution < 1.29 is 23.5 Å². The number of rotatable bonds is 4. The maximum Gasteiger partial charge on any atom is 0.337 e. The van der Waals surface area contributed by atoms with Crippen molar-refractivity contribution in [3.63, 3.8) is 0 Å². The zero-order chi connectivity index (χ0) is 17.0. The molecule has 8 heteroatoms. The summed E-state index contributed by atoms with van der Waals surface area (Å²) in [5.41, 5.74) is 0.475. The van der Waals surface area contributed by atoms with Gasteiger partial charge in [-0.1, -0.05) is 11.6 Å².